The molecule has 0 aliphatic carbocycles. The average molecular weight is 303 g/mol. The molecule has 0 unspecified atom stereocenters. The molecule has 0 amide bonds. The van der Waals surface area contributed by atoms with Crippen molar-refractivity contribution >= 4 is 17.4 Å². The van der Waals surface area contributed by atoms with Crippen LogP contribution in [-0.2, 0) is 4.74 Å². The van der Waals surface area contributed by atoms with Gasteiger partial charge >= 0.3 is 6.18 Å². The fourth-order valence-electron chi connectivity index (χ4n) is 1.22. The first-order valence-corrected chi connectivity index (χ1v) is 5.41. The van der Waals surface area contributed by atoms with Crippen molar-refractivity contribution in [3.8, 4) is 0 Å². The van der Waals surface area contributed by atoms with Crippen LogP contribution < -0.4 is 0 Å². The van der Waals surface area contributed by atoms with E-state index in [4.69, 9.17) is 11.6 Å². The lowest BCUT2D eigenvalue weighted by Gasteiger charge is -2.08. The Bertz CT molecular complexity index is 473. The van der Waals surface area contributed by atoms with E-state index in [-0.39, 0.29) is 10.6 Å². The number of hydrogen-bond donors (Lipinski definition) is 0. The molecule has 1 aromatic carbocycles. The molecule has 0 radical (unpaired) electrons. The first-order chi connectivity index (χ1) is 8.70. The number of halogens is 6. The molecule has 0 heterocycles. The summed E-state index contributed by atoms with van der Waals surface area (Å²) < 4.78 is 65.1. The Kier molecular flexibility index (Phi) is 5.25. The van der Waals surface area contributed by atoms with E-state index in [1.54, 1.807) is 0 Å². The minimum atomic E-state index is -4.48. The standard InChI is InChI=1S/C11H8ClF5O2/c12-7-4-9(14)8(13)3-6(7)10(18)1-2-19-5-11(15,16)17/h3-4H,1-2,5H2. The van der Waals surface area contributed by atoms with Crippen molar-refractivity contribution in [3.63, 3.8) is 0 Å². The van der Waals surface area contributed by atoms with Crippen LogP contribution in [0.15, 0.2) is 12.1 Å². The van der Waals surface area contributed by atoms with E-state index in [9.17, 15) is 26.7 Å². The Balaban J connectivity index is 2.57. The second-order valence-corrected chi connectivity index (χ2v) is 3.99. The van der Waals surface area contributed by atoms with Gasteiger partial charge in [0.1, 0.15) is 6.61 Å². The lowest BCUT2D eigenvalue weighted by molar-refractivity contribution is -0.173. The largest absolute Gasteiger partial charge is 0.411 e. The summed E-state index contributed by atoms with van der Waals surface area (Å²) in [4.78, 5) is 11.5. The Labute approximate surface area is 110 Å². The zero-order valence-electron chi connectivity index (χ0n) is 9.36. The van der Waals surface area contributed by atoms with Crippen molar-refractivity contribution in [1.82, 2.24) is 0 Å². The summed E-state index contributed by atoms with van der Waals surface area (Å²) in [7, 11) is 0. The van der Waals surface area contributed by atoms with Crippen molar-refractivity contribution < 1.29 is 31.5 Å². The summed E-state index contributed by atoms with van der Waals surface area (Å²) in [5, 5.41) is -0.306. The predicted molar refractivity (Wildman–Crippen MR) is 57.2 cm³/mol. The quantitative estimate of drug-likeness (QED) is 0.358. The number of benzene rings is 1. The zero-order chi connectivity index (χ0) is 14.6. The maximum atomic E-state index is 12.9. The number of rotatable bonds is 5. The lowest BCUT2D eigenvalue weighted by Crippen LogP contribution is -2.18. The van der Waals surface area contributed by atoms with Gasteiger partial charge in [0, 0.05) is 12.0 Å². The number of carbonyl (C=O) groups is 1. The van der Waals surface area contributed by atoms with Crippen LogP contribution in [0.5, 0.6) is 0 Å². The van der Waals surface area contributed by atoms with Crippen molar-refractivity contribution in [2.45, 2.75) is 12.6 Å². The molecule has 106 valence electrons. The highest BCUT2D eigenvalue weighted by atomic mass is 35.5. The molecule has 2 nitrogen and oxygen atoms in total. The van der Waals surface area contributed by atoms with Gasteiger partial charge in [0.2, 0.25) is 0 Å². The zero-order valence-corrected chi connectivity index (χ0v) is 10.1. The SMILES string of the molecule is O=C(CCOCC(F)(F)F)c1cc(F)c(F)cc1Cl. The van der Waals surface area contributed by atoms with Crippen LogP contribution in [0, 0.1) is 11.6 Å². The Morgan fingerprint density at radius 1 is 1.21 bits per heavy atom. The van der Waals surface area contributed by atoms with Crippen LogP contribution in [0.4, 0.5) is 22.0 Å². The molecule has 0 aromatic heterocycles. The first-order valence-electron chi connectivity index (χ1n) is 5.03. The number of carbonyl (C=O) groups excluding carboxylic acids is 1. The second kappa shape index (κ2) is 6.29. The van der Waals surface area contributed by atoms with Gasteiger partial charge in [-0.05, 0) is 12.1 Å². The molecule has 1 aromatic rings. The highest BCUT2D eigenvalue weighted by Gasteiger charge is 2.27. The summed E-state index contributed by atoms with van der Waals surface area (Å²) in [5.41, 5.74) is -0.295. The third-order valence-electron chi connectivity index (χ3n) is 2.05. The average Bonchev–Trinajstić information content (AvgIpc) is 2.28. The molecule has 0 atom stereocenters. The van der Waals surface area contributed by atoms with E-state index in [0.29, 0.717) is 12.1 Å². The van der Waals surface area contributed by atoms with E-state index >= 15 is 0 Å². The van der Waals surface area contributed by atoms with Crippen LogP contribution in [-0.4, -0.2) is 25.2 Å². The maximum absolute atomic E-state index is 12.9. The number of alkyl halides is 3. The third kappa shape index (κ3) is 5.12. The molecular weight excluding hydrogens is 295 g/mol. The summed E-state index contributed by atoms with van der Waals surface area (Å²) >= 11 is 5.53. The molecule has 0 N–H and O–H groups in total. The van der Waals surface area contributed by atoms with E-state index in [0.717, 1.165) is 0 Å². The summed E-state index contributed by atoms with van der Waals surface area (Å²) in [6.07, 6.45) is -4.90. The van der Waals surface area contributed by atoms with Crippen LogP contribution in [0.3, 0.4) is 0 Å². The van der Waals surface area contributed by atoms with Crippen LogP contribution in [0.25, 0.3) is 0 Å². The molecule has 8 heteroatoms. The van der Waals surface area contributed by atoms with E-state index in [1.165, 1.54) is 0 Å². The van der Waals surface area contributed by atoms with Gasteiger partial charge in [0.05, 0.1) is 11.6 Å². The Morgan fingerprint density at radius 2 is 1.79 bits per heavy atom. The van der Waals surface area contributed by atoms with Crippen LogP contribution >= 0.6 is 11.6 Å². The Hall–Kier alpha value is -1.21. The smallest absolute Gasteiger partial charge is 0.372 e. The summed E-state index contributed by atoms with van der Waals surface area (Å²) in [6.45, 7) is -1.97. The monoisotopic (exact) mass is 302 g/mol. The van der Waals surface area contributed by atoms with Crippen molar-refractivity contribution in [2.24, 2.45) is 0 Å². The number of hydrogen-bond acceptors (Lipinski definition) is 2. The van der Waals surface area contributed by atoms with Crippen molar-refractivity contribution in [1.29, 1.82) is 0 Å². The number of Topliss-reactive ketones (excluding diaryl/α,β-unsaturated/α-hetero) is 1. The van der Waals surface area contributed by atoms with E-state index in [2.05, 4.69) is 4.74 Å². The highest BCUT2D eigenvalue weighted by Crippen LogP contribution is 2.21. The van der Waals surface area contributed by atoms with Crippen molar-refractivity contribution in [3.05, 3.63) is 34.4 Å². The molecule has 0 saturated heterocycles. The van der Waals surface area contributed by atoms with Gasteiger partial charge in [0.25, 0.3) is 0 Å². The normalized spacial score (nSPS) is 11.7. The lowest BCUT2D eigenvalue weighted by atomic mass is 10.1. The van der Waals surface area contributed by atoms with Crippen LogP contribution in [0.1, 0.15) is 16.8 Å². The molecule has 0 fully saturated rings. The van der Waals surface area contributed by atoms with Gasteiger partial charge in [-0.2, -0.15) is 13.2 Å². The topological polar surface area (TPSA) is 26.3 Å². The fourth-order valence-corrected chi connectivity index (χ4v) is 1.48. The molecule has 0 saturated carbocycles. The molecule has 0 spiro atoms. The molecule has 0 aliphatic rings. The number of ketones is 1. The first kappa shape index (κ1) is 15.8. The van der Waals surface area contributed by atoms with Gasteiger partial charge < -0.3 is 4.74 Å². The molecule has 19 heavy (non-hydrogen) atoms. The molecule has 1 rings (SSSR count). The second-order valence-electron chi connectivity index (χ2n) is 3.59. The number of ether oxygens (including phenoxy) is 1. The molecular formula is C11H8ClF5O2. The van der Waals surface area contributed by atoms with Gasteiger partial charge in [-0.3, -0.25) is 4.79 Å². The van der Waals surface area contributed by atoms with Gasteiger partial charge in [-0.25, -0.2) is 8.78 Å². The van der Waals surface area contributed by atoms with E-state index < -0.39 is 43.2 Å². The fraction of sp³-hybridized carbons (Fsp3) is 0.364. The maximum Gasteiger partial charge on any atom is 0.411 e. The van der Waals surface area contributed by atoms with Gasteiger partial charge in [0.15, 0.2) is 17.4 Å². The minimum absolute atomic E-state index is 0.295. The summed E-state index contributed by atoms with van der Waals surface area (Å²) in [6, 6.07) is 1.23. The molecule has 0 aliphatic heterocycles. The van der Waals surface area contributed by atoms with Gasteiger partial charge in [-0.15, -0.1) is 0 Å². The summed E-state index contributed by atoms with van der Waals surface area (Å²) in [5.74, 6) is -3.20. The molecule has 0 bridgehead atoms. The van der Waals surface area contributed by atoms with Crippen molar-refractivity contribution in [2.75, 3.05) is 13.2 Å². The predicted octanol–water partition coefficient (Wildman–Crippen LogP) is 3.77. The van der Waals surface area contributed by atoms with Crippen LogP contribution in [0.2, 0.25) is 5.02 Å². The third-order valence-corrected chi connectivity index (χ3v) is 2.36. The van der Waals surface area contributed by atoms with Gasteiger partial charge in [-0.1, -0.05) is 11.6 Å². The van der Waals surface area contributed by atoms with E-state index in [1.807, 2.05) is 0 Å². The Morgan fingerprint density at radius 3 is 2.37 bits per heavy atom. The highest BCUT2D eigenvalue weighted by molar-refractivity contribution is 6.33. The minimum Gasteiger partial charge on any atom is -0.372 e.